The fourth-order valence-electron chi connectivity index (χ4n) is 2.54. The normalized spacial score (nSPS) is 11.6. The number of benzene rings is 2. The van der Waals surface area contributed by atoms with Crippen LogP contribution >= 0.6 is 23.1 Å². The lowest BCUT2D eigenvalue weighted by atomic mass is 10.2. The first kappa shape index (κ1) is 21.5. The van der Waals surface area contributed by atoms with Crippen molar-refractivity contribution in [2.24, 2.45) is 0 Å². The zero-order valence-corrected chi connectivity index (χ0v) is 18.5. The van der Waals surface area contributed by atoms with Crippen molar-refractivity contribution >= 4 is 44.7 Å². The summed E-state index contributed by atoms with van der Waals surface area (Å²) in [4.78, 5) is 16.6. The summed E-state index contributed by atoms with van der Waals surface area (Å²) < 4.78 is 27.7. The average Bonchev–Trinajstić information content (AvgIpc) is 3.13. The van der Waals surface area contributed by atoms with Crippen molar-refractivity contribution in [1.29, 1.82) is 0 Å². The lowest BCUT2D eigenvalue weighted by Gasteiger charge is -2.17. The quantitative estimate of drug-likeness (QED) is 0.528. The van der Waals surface area contributed by atoms with Gasteiger partial charge in [0, 0.05) is 30.4 Å². The number of rotatable bonds is 8. The molecule has 1 amide bonds. The predicted octanol–water partition coefficient (Wildman–Crippen LogP) is 4.00. The smallest absolute Gasteiger partial charge is 0.243 e. The lowest BCUT2D eigenvalue weighted by molar-refractivity contribution is -0.113. The second kappa shape index (κ2) is 9.53. The number of aromatic nitrogens is 1. The van der Waals surface area contributed by atoms with Crippen molar-refractivity contribution in [3.63, 3.8) is 0 Å². The summed E-state index contributed by atoms with van der Waals surface area (Å²) in [7, 11) is -2.07. The van der Waals surface area contributed by atoms with Crippen LogP contribution in [0.4, 0.5) is 5.69 Å². The summed E-state index contributed by atoms with van der Waals surface area (Å²) in [6.07, 6.45) is 0. The molecular formula is C20H21N3O3S3. The molecule has 2 aromatic carbocycles. The van der Waals surface area contributed by atoms with Gasteiger partial charge in [0.05, 0.1) is 10.6 Å². The molecule has 0 aliphatic heterocycles. The van der Waals surface area contributed by atoms with E-state index in [1.807, 2.05) is 42.6 Å². The number of thioether (sulfide) groups is 1. The number of nitrogens with one attached hydrogen (secondary N) is 1. The highest BCUT2D eigenvalue weighted by atomic mass is 32.2. The molecular weight excluding hydrogens is 426 g/mol. The standard InChI is InChI=1S/C20H21N3O3S3/c1-15-13-27-20(21-15)28-14-19(24)22-17-8-10-18(11-9-17)29(25,26)23(2)12-16-6-4-3-5-7-16/h3-11,13H,12,14H2,1-2H3,(H,22,24). The van der Waals surface area contributed by atoms with E-state index in [0.29, 0.717) is 5.69 Å². The maximum atomic E-state index is 12.8. The van der Waals surface area contributed by atoms with Gasteiger partial charge in [-0.3, -0.25) is 4.79 Å². The third-order valence-corrected chi connectivity index (χ3v) is 7.98. The molecule has 3 rings (SSSR count). The first-order valence-corrected chi connectivity index (χ1v) is 12.1. The predicted molar refractivity (Wildman–Crippen MR) is 118 cm³/mol. The van der Waals surface area contributed by atoms with Gasteiger partial charge >= 0.3 is 0 Å². The highest BCUT2D eigenvalue weighted by Crippen LogP contribution is 2.23. The van der Waals surface area contributed by atoms with Crippen LogP contribution in [0.2, 0.25) is 0 Å². The van der Waals surface area contributed by atoms with Crippen LogP contribution in [-0.4, -0.2) is 36.4 Å². The summed E-state index contributed by atoms with van der Waals surface area (Å²) in [6, 6.07) is 15.6. The molecule has 1 heterocycles. The third kappa shape index (κ3) is 5.89. The molecule has 0 spiro atoms. The van der Waals surface area contributed by atoms with Crippen molar-refractivity contribution in [3.8, 4) is 0 Å². The van der Waals surface area contributed by atoms with Crippen molar-refractivity contribution in [1.82, 2.24) is 9.29 Å². The summed E-state index contributed by atoms with van der Waals surface area (Å²) in [5.74, 6) is 0.0759. The van der Waals surface area contributed by atoms with E-state index < -0.39 is 10.0 Å². The van der Waals surface area contributed by atoms with Crippen molar-refractivity contribution in [2.75, 3.05) is 18.1 Å². The highest BCUT2D eigenvalue weighted by molar-refractivity contribution is 8.01. The van der Waals surface area contributed by atoms with Crippen LogP contribution in [0, 0.1) is 6.92 Å². The molecule has 0 aliphatic carbocycles. The molecule has 152 valence electrons. The summed E-state index contributed by atoms with van der Waals surface area (Å²) >= 11 is 2.88. The van der Waals surface area contributed by atoms with E-state index in [4.69, 9.17) is 0 Å². The van der Waals surface area contributed by atoms with E-state index in [0.717, 1.165) is 15.6 Å². The molecule has 0 bridgehead atoms. The van der Waals surface area contributed by atoms with Gasteiger partial charge in [-0.2, -0.15) is 4.31 Å². The minimum Gasteiger partial charge on any atom is -0.325 e. The molecule has 6 nitrogen and oxygen atoms in total. The van der Waals surface area contributed by atoms with Gasteiger partial charge < -0.3 is 5.32 Å². The maximum absolute atomic E-state index is 12.8. The fraction of sp³-hybridized carbons (Fsp3) is 0.200. The minimum absolute atomic E-state index is 0.167. The zero-order valence-electron chi connectivity index (χ0n) is 16.0. The lowest BCUT2D eigenvalue weighted by Crippen LogP contribution is -2.26. The molecule has 0 radical (unpaired) electrons. The van der Waals surface area contributed by atoms with Gasteiger partial charge in [-0.15, -0.1) is 11.3 Å². The van der Waals surface area contributed by atoms with E-state index >= 15 is 0 Å². The van der Waals surface area contributed by atoms with E-state index in [9.17, 15) is 13.2 Å². The molecule has 0 saturated heterocycles. The topological polar surface area (TPSA) is 79.4 Å². The molecule has 3 aromatic rings. The largest absolute Gasteiger partial charge is 0.325 e. The summed E-state index contributed by atoms with van der Waals surface area (Å²) in [5.41, 5.74) is 2.40. The Morgan fingerprint density at radius 1 is 1.14 bits per heavy atom. The molecule has 1 N–H and O–H groups in total. The number of carbonyl (C=O) groups is 1. The van der Waals surface area contributed by atoms with Crippen LogP contribution in [-0.2, 0) is 21.4 Å². The number of thiazole rings is 1. The molecule has 0 atom stereocenters. The Kier molecular flexibility index (Phi) is 7.07. The van der Waals surface area contributed by atoms with Crippen molar-refractivity contribution in [2.45, 2.75) is 22.7 Å². The minimum atomic E-state index is -3.62. The molecule has 1 aromatic heterocycles. The Morgan fingerprint density at radius 2 is 1.83 bits per heavy atom. The molecule has 0 saturated carbocycles. The van der Waals surface area contributed by atoms with Crippen LogP contribution in [0.25, 0.3) is 0 Å². The third-order valence-electron chi connectivity index (χ3n) is 4.02. The number of hydrogen-bond donors (Lipinski definition) is 1. The molecule has 29 heavy (non-hydrogen) atoms. The van der Waals surface area contributed by atoms with Gasteiger partial charge in [-0.05, 0) is 36.8 Å². The van der Waals surface area contributed by atoms with Crippen LogP contribution < -0.4 is 5.32 Å². The number of nitrogens with zero attached hydrogens (tertiary/aromatic N) is 2. The van der Waals surface area contributed by atoms with Gasteiger partial charge in [0.2, 0.25) is 15.9 Å². The Bertz CT molecular complexity index is 1070. The Balaban J connectivity index is 1.59. The number of anilines is 1. The number of carbonyl (C=O) groups excluding carboxylic acids is 1. The average molecular weight is 448 g/mol. The van der Waals surface area contributed by atoms with Crippen molar-refractivity contribution in [3.05, 3.63) is 71.2 Å². The maximum Gasteiger partial charge on any atom is 0.243 e. The number of amides is 1. The monoisotopic (exact) mass is 447 g/mol. The fourth-order valence-corrected chi connectivity index (χ4v) is 5.35. The first-order chi connectivity index (χ1) is 13.8. The molecule has 0 aliphatic rings. The van der Waals surface area contributed by atoms with Crippen LogP contribution in [0.15, 0.2) is 69.2 Å². The van der Waals surface area contributed by atoms with Crippen molar-refractivity contribution < 1.29 is 13.2 Å². The Labute approximate surface area is 179 Å². The Morgan fingerprint density at radius 3 is 2.45 bits per heavy atom. The van der Waals surface area contributed by atoms with E-state index in [1.165, 1.54) is 39.5 Å². The van der Waals surface area contributed by atoms with Gasteiger partial charge in [-0.25, -0.2) is 13.4 Å². The van der Waals surface area contributed by atoms with Gasteiger partial charge in [-0.1, -0.05) is 42.1 Å². The second-order valence-corrected chi connectivity index (χ2v) is 10.5. The number of aryl methyl sites for hydroxylation is 1. The number of sulfonamides is 1. The summed E-state index contributed by atoms with van der Waals surface area (Å²) in [6.45, 7) is 2.20. The van der Waals surface area contributed by atoms with Crippen LogP contribution in [0.5, 0.6) is 0 Å². The second-order valence-electron chi connectivity index (χ2n) is 6.36. The first-order valence-electron chi connectivity index (χ1n) is 8.80. The SMILES string of the molecule is Cc1csc(SCC(=O)Nc2ccc(S(=O)(=O)N(C)Cc3ccccc3)cc2)n1. The Hall–Kier alpha value is -2.20. The van der Waals surface area contributed by atoms with Crippen LogP contribution in [0.3, 0.4) is 0 Å². The van der Waals surface area contributed by atoms with Gasteiger partial charge in [0.15, 0.2) is 4.34 Å². The van der Waals surface area contributed by atoms with Crippen LogP contribution in [0.1, 0.15) is 11.3 Å². The molecule has 0 unspecified atom stereocenters. The highest BCUT2D eigenvalue weighted by Gasteiger charge is 2.20. The molecule has 9 heteroatoms. The molecule has 0 fully saturated rings. The number of hydrogen-bond acceptors (Lipinski definition) is 6. The van der Waals surface area contributed by atoms with Gasteiger partial charge in [0.1, 0.15) is 0 Å². The van der Waals surface area contributed by atoms with E-state index in [-0.39, 0.29) is 23.1 Å². The van der Waals surface area contributed by atoms with Gasteiger partial charge in [0.25, 0.3) is 0 Å². The van der Waals surface area contributed by atoms with E-state index in [1.54, 1.807) is 19.2 Å². The van der Waals surface area contributed by atoms with E-state index in [2.05, 4.69) is 10.3 Å². The zero-order chi connectivity index (χ0) is 20.9. The summed E-state index contributed by atoms with van der Waals surface area (Å²) in [5, 5.41) is 4.71.